The van der Waals surface area contributed by atoms with Crippen LogP contribution in [-0.2, 0) is 14.8 Å². The smallest absolute Gasteiger partial charge is 0.253 e. The summed E-state index contributed by atoms with van der Waals surface area (Å²) in [6.45, 7) is 5.15. The van der Waals surface area contributed by atoms with Gasteiger partial charge in [-0.05, 0) is 75.3 Å². The molecule has 9 nitrogen and oxygen atoms in total. The first-order chi connectivity index (χ1) is 18.3. The maximum absolute atomic E-state index is 13.6. The normalized spacial score (nSPS) is 17.4. The fourth-order valence-electron chi connectivity index (χ4n) is 5.02. The third kappa shape index (κ3) is 6.92. The summed E-state index contributed by atoms with van der Waals surface area (Å²) >= 11 is 0. The predicted octanol–water partition coefficient (Wildman–Crippen LogP) is 3.44. The van der Waals surface area contributed by atoms with Crippen molar-refractivity contribution >= 4 is 27.5 Å². The Morgan fingerprint density at radius 1 is 0.947 bits per heavy atom. The van der Waals surface area contributed by atoms with Crippen LogP contribution < -0.4 is 10.1 Å². The number of benzene rings is 2. The van der Waals surface area contributed by atoms with Crippen molar-refractivity contribution in [1.82, 2.24) is 14.1 Å². The lowest BCUT2D eigenvalue weighted by Crippen LogP contribution is -2.47. The Kier molecular flexibility index (Phi) is 9.40. The minimum absolute atomic E-state index is 0.0269. The van der Waals surface area contributed by atoms with Crippen molar-refractivity contribution in [3.63, 3.8) is 0 Å². The van der Waals surface area contributed by atoms with Gasteiger partial charge in [-0.25, -0.2) is 8.42 Å². The number of anilines is 1. The summed E-state index contributed by atoms with van der Waals surface area (Å²) < 4.78 is 34.1. The molecular weight excluding hydrogens is 504 g/mol. The van der Waals surface area contributed by atoms with E-state index in [0.29, 0.717) is 36.7 Å². The molecule has 0 bridgehead atoms. The van der Waals surface area contributed by atoms with Gasteiger partial charge in [0, 0.05) is 43.5 Å². The van der Waals surface area contributed by atoms with Crippen LogP contribution in [0.5, 0.6) is 5.75 Å². The molecule has 1 N–H and O–H groups in total. The summed E-state index contributed by atoms with van der Waals surface area (Å²) in [5.41, 5.74) is 1.08. The molecule has 2 amide bonds. The van der Waals surface area contributed by atoms with Crippen LogP contribution in [0.25, 0.3) is 0 Å². The lowest BCUT2D eigenvalue weighted by molar-refractivity contribution is -0.116. The molecule has 2 aromatic carbocycles. The summed E-state index contributed by atoms with van der Waals surface area (Å²) in [6.07, 6.45) is 4.40. The lowest BCUT2D eigenvalue weighted by atomic mass is 9.95. The number of hydrogen-bond acceptors (Lipinski definition) is 6. The van der Waals surface area contributed by atoms with E-state index in [1.54, 1.807) is 36.4 Å². The molecule has 4 rings (SSSR count). The summed E-state index contributed by atoms with van der Waals surface area (Å²) in [4.78, 5) is 30.0. The average Bonchev–Trinajstić information content (AvgIpc) is 2.93. The van der Waals surface area contributed by atoms with Gasteiger partial charge in [0.25, 0.3) is 5.91 Å². The summed E-state index contributed by atoms with van der Waals surface area (Å²) in [5.74, 6) is 0.159. The lowest BCUT2D eigenvalue weighted by Gasteiger charge is -2.33. The topological polar surface area (TPSA) is 99.3 Å². The van der Waals surface area contributed by atoms with Crippen LogP contribution >= 0.6 is 0 Å². The zero-order valence-electron chi connectivity index (χ0n) is 22.3. The molecule has 1 aliphatic carbocycles. The van der Waals surface area contributed by atoms with Gasteiger partial charge in [0.1, 0.15) is 5.75 Å². The molecule has 1 heterocycles. The first-order valence-corrected chi connectivity index (χ1v) is 14.8. The summed E-state index contributed by atoms with van der Waals surface area (Å²) in [6, 6.07) is 12.9. The van der Waals surface area contributed by atoms with Crippen LogP contribution in [0.4, 0.5) is 5.69 Å². The van der Waals surface area contributed by atoms with Gasteiger partial charge in [0.05, 0.1) is 18.0 Å². The predicted molar refractivity (Wildman–Crippen MR) is 147 cm³/mol. The van der Waals surface area contributed by atoms with Gasteiger partial charge >= 0.3 is 0 Å². The second-order valence-electron chi connectivity index (χ2n) is 9.97. The maximum Gasteiger partial charge on any atom is 0.253 e. The number of amides is 2. The number of nitrogens with one attached hydrogen (secondary N) is 1. The van der Waals surface area contributed by atoms with Crippen molar-refractivity contribution in [3.05, 3.63) is 54.1 Å². The number of sulfonamides is 1. The quantitative estimate of drug-likeness (QED) is 0.521. The van der Waals surface area contributed by atoms with Crippen molar-refractivity contribution in [2.45, 2.75) is 50.0 Å². The number of hydrogen-bond donors (Lipinski definition) is 1. The molecule has 2 aromatic rings. The zero-order valence-corrected chi connectivity index (χ0v) is 23.1. The van der Waals surface area contributed by atoms with Gasteiger partial charge in [0.2, 0.25) is 15.9 Å². The van der Waals surface area contributed by atoms with Gasteiger partial charge in [-0.2, -0.15) is 4.31 Å². The second kappa shape index (κ2) is 12.7. The molecule has 1 aliphatic heterocycles. The summed E-state index contributed by atoms with van der Waals surface area (Å²) in [7, 11) is -1.85. The molecule has 38 heavy (non-hydrogen) atoms. The molecule has 1 saturated heterocycles. The monoisotopic (exact) mass is 542 g/mol. The standard InChI is InChI=1S/C28H38N4O5S/c1-3-37-25-13-15-26(16-14-25)38(35,36)32(24-7-5-4-6-8-24)21-27(33)29-23-11-9-22(10-12-23)28(34)31-19-17-30(2)18-20-31/h9-16,24H,3-8,17-21H2,1-2H3,(H,29,33). The fourth-order valence-corrected chi connectivity index (χ4v) is 6.66. The van der Waals surface area contributed by atoms with Crippen molar-refractivity contribution in [2.24, 2.45) is 0 Å². The van der Waals surface area contributed by atoms with E-state index in [-0.39, 0.29) is 23.4 Å². The molecule has 0 atom stereocenters. The molecule has 0 radical (unpaired) electrons. The molecule has 206 valence electrons. The van der Waals surface area contributed by atoms with E-state index in [2.05, 4.69) is 10.2 Å². The van der Waals surface area contributed by atoms with Crippen LogP contribution in [0.15, 0.2) is 53.4 Å². The van der Waals surface area contributed by atoms with Gasteiger partial charge in [-0.1, -0.05) is 19.3 Å². The van der Waals surface area contributed by atoms with Crippen LogP contribution in [0.3, 0.4) is 0 Å². The molecule has 0 aromatic heterocycles. The minimum atomic E-state index is -3.89. The van der Waals surface area contributed by atoms with Crippen molar-refractivity contribution in [1.29, 1.82) is 0 Å². The maximum atomic E-state index is 13.6. The highest BCUT2D eigenvalue weighted by atomic mass is 32.2. The Morgan fingerprint density at radius 3 is 2.18 bits per heavy atom. The van der Waals surface area contributed by atoms with Crippen LogP contribution in [0, 0.1) is 0 Å². The van der Waals surface area contributed by atoms with E-state index in [4.69, 9.17) is 4.74 Å². The first-order valence-electron chi connectivity index (χ1n) is 13.4. The Bertz CT molecular complexity index is 1190. The molecule has 0 spiro atoms. The number of carbonyl (C=O) groups is 2. The molecule has 2 fully saturated rings. The van der Waals surface area contributed by atoms with E-state index in [0.717, 1.165) is 45.2 Å². The number of nitrogens with zero attached hydrogens (tertiary/aromatic N) is 3. The van der Waals surface area contributed by atoms with Crippen LogP contribution in [-0.4, -0.2) is 86.8 Å². The third-order valence-electron chi connectivity index (χ3n) is 7.23. The van der Waals surface area contributed by atoms with Crippen molar-refractivity contribution in [2.75, 3.05) is 51.7 Å². The van der Waals surface area contributed by atoms with Gasteiger partial charge in [-0.15, -0.1) is 0 Å². The van der Waals surface area contributed by atoms with E-state index >= 15 is 0 Å². The van der Waals surface area contributed by atoms with Gasteiger partial charge in [0.15, 0.2) is 0 Å². The first kappa shape index (κ1) is 28.1. The van der Waals surface area contributed by atoms with Crippen LogP contribution in [0.2, 0.25) is 0 Å². The van der Waals surface area contributed by atoms with Crippen molar-refractivity contribution < 1.29 is 22.7 Å². The molecule has 2 aliphatic rings. The van der Waals surface area contributed by atoms with E-state index in [9.17, 15) is 18.0 Å². The second-order valence-corrected chi connectivity index (χ2v) is 11.9. The SMILES string of the molecule is CCOc1ccc(S(=O)(=O)N(CC(=O)Nc2ccc(C(=O)N3CCN(C)CC3)cc2)C2CCCCC2)cc1. The Labute approximate surface area is 225 Å². The van der Waals surface area contributed by atoms with E-state index in [1.165, 1.54) is 16.4 Å². The molecule has 10 heteroatoms. The third-order valence-corrected chi connectivity index (χ3v) is 9.14. The number of carbonyl (C=O) groups excluding carboxylic acids is 2. The molecule has 0 unspecified atom stereocenters. The van der Waals surface area contributed by atoms with Crippen molar-refractivity contribution in [3.8, 4) is 5.75 Å². The summed E-state index contributed by atoms with van der Waals surface area (Å²) in [5, 5.41) is 2.82. The highest BCUT2D eigenvalue weighted by Gasteiger charge is 2.34. The number of ether oxygens (including phenoxy) is 1. The Hall–Kier alpha value is -2.95. The minimum Gasteiger partial charge on any atom is -0.494 e. The zero-order chi connectivity index (χ0) is 27.1. The fraction of sp³-hybridized carbons (Fsp3) is 0.500. The number of piperazine rings is 1. The highest BCUT2D eigenvalue weighted by molar-refractivity contribution is 7.89. The van der Waals surface area contributed by atoms with Gasteiger partial charge < -0.3 is 19.9 Å². The van der Waals surface area contributed by atoms with Gasteiger partial charge in [-0.3, -0.25) is 9.59 Å². The van der Waals surface area contributed by atoms with E-state index in [1.807, 2.05) is 18.9 Å². The number of likely N-dealkylation sites (N-methyl/N-ethyl adjacent to an activating group) is 1. The largest absolute Gasteiger partial charge is 0.494 e. The highest BCUT2D eigenvalue weighted by Crippen LogP contribution is 2.29. The average molecular weight is 543 g/mol. The number of rotatable bonds is 9. The van der Waals surface area contributed by atoms with Crippen LogP contribution in [0.1, 0.15) is 49.4 Å². The Morgan fingerprint density at radius 2 is 1.58 bits per heavy atom. The van der Waals surface area contributed by atoms with E-state index < -0.39 is 15.9 Å². The molecule has 1 saturated carbocycles. The Balaban J connectivity index is 1.44. The molecular formula is C28H38N4O5S.